The lowest BCUT2D eigenvalue weighted by Gasteiger charge is -2.45. The van der Waals surface area contributed by atoms with Gasteiger partial charge in [-0.05, 0) is 37.5 Å². The second kappa shape index (κ2) is 5.68. The van der Waals surface area contributed by atoms with Gasteiger partial charge in [0.1, 0.15) is 0 Å². The molecule has 4 unspecified atom stereocenters. The van der Waals surface area contributed by atoms with Crippen LogP contribution >= 0.6 is 0 Å². The topological polar surface area (TPSA) is 41.5 Å². The highest BCUT2D eigenvalue weighted by molar-refractivity contribution is 4.97. The van der Waals surface area contributed by atoms with Gasteiger partial charge in [0, 0.05) is 18.7 Å². The Balaban J connectivity index is 1.91. The molecule has 0 radical (unpaired) electrons. The minimum absolute atomic E-state index is 0.0659. The fraction of sp³-hybridized carbons (Fsp3) is 1.00. The molecule has 2 N–H and O–H groups in total. The van der Waals surface area contributed by atoms with Crippen molar-refractivity contribution in [3.8, 4) is 0 Å². The van der Waals surface area contributed by atoms with Crippen LogP contribution in [0.2, 0.25) is 0 Å². The molecule has 2 aliphatic rings. The molecule has 100 valence electrons. The highest BCUT2D eigenvalue weighted by Crippen LogP contribution is 2.36. The van der Waals surface area contributed by atoms with Crippen LogP contribution in [0.3, 0.4) is 0 Å². The summed E-state index contributed by atoms with van der Waals surface area (Å²) in [7, 11) is 0. The third-order valence-corrected chi connectivity index (χ3v) is 4.74. The molecule has 0 aromatic heterocycles. The van der Waals surface area contributed by atoms with E-state index in [1.165, 1.54) is 25.7 Å². The van der Waals surface area contributed by atoms with E-state index in [-0.39, 0.29) is 12.1 Å². The summed E-state index contributed by atoms with van der Waals surface area (Å²) >= 11 is 0. The standard InChI is InChI=1S/C14H27NO2/c1-11-5-6-12(2)14(8-11,10-16)15-9-13-4-3-7-17-13/h11-13,15-16H,3-10H2,1-2H3. The summed E-state index contributed by atoms with van der Waals surface area (Å²) in [5.41, 5.74) is -0.0659. The first-order chi connectivity index (χ1) is 8.16. The molecule has 3 heteroatoms. The number of aliphatic hydroxyl groups excluding tert-OH is 1. The van der Waals surface area contributed by atoms with Crippen LogP contribution in [0, 0.1) is 11.8 Å². The molecule has 1 saturated heterocycles. The van der Waals surface area contributed by atoms with Gasteiger partial charge < -0.3 is 15.2 Å². The van der Waals surface area contributed by atoms with Crippen molar-refractivity contribution < 1.29 is 9.84 Å². The smallest absolute Gasteiger partial charge is 0.0700 e. The van der Waals surface area contributed by atoms with E-state index in [2.05, 4.69) is 19.2 Å². The molecule has 0 spiro atoms. The Bertz CT molecular complexity index is 240. The second-order valence-electron chi connectivity index (χ2n) is 6.12. The van der Waals surface area contributed by atoms with Crippen LogP contribution in [-0.2, 0) is 4.74 Å². The second-order valence-corrected chi connectivity index (χ2v) is 6.12. The van der Waals surface area contributed by atoms with Crippen molar-refractivity contribution in [3.05, 3.63) is 0 Å². The molecule has 2 rings (SSSR count). The molecular formula is C14H27NO2. The Kier molecular flexibility index (Phi) is 4.45. The van der Waals surface area contributed by atoms with Gasteiger partial charge in [-0.2, -0.15) is 0 Å². The maximum Gasteiger partial charge on any atom is 0.0700 e. The molecule has 1 aliphatic heterocycles. The van der Waals surface area contributed by atoms with Gasteiger partial charge in [0.25, 0.3) is 0 Å². The van der Waals surface area contributed by atoms with E-state index < -0.39 is 0 Å². The Morgan fingerprint density at radius 3 is 2.76 bits per heavy atom. The van der Waals surface area contributed by atoms with Crippen molar-refractivity contribution in [3.63, 3.8) is 0 Å². The van der Waals surface area contributed by atoms with E-state index in [1.807, 2.05) is 0 Å². The van der Waals surface area contributed by atoms with Gasteiger partial charge in [0.15, 0.2) is 0 Å². The Labute approximate surface area is 105 Å². The van der Waals surface area contributed by atoms with Gasteiger partial charge >= 0.3 is 0 Å². The van der Waals surface area contributed by atoms with Gasteiger partial charge in [-0.15, -0.1) is 0 Å². The summed E-state index contributed by atoms with van der Waals surface area (Å²) in [6, 6.07) is 0. The van der Waals surface area contributed by atoms with E-state index in [0.29, 0.717) is 12.0 Å². The molecule has 0 bridgehead atoms. The monoisotopic (exact) mass is 241 g/mol. The number of aliphatic hydroxyl groups is 1. The lowest BCUT2D eigenvalue weighted by Crippen LogP contribution is -2.58. The summed E-state index contributed by atoms with van der Waals surface area (Å²) in [4.78, 5) is 0. The summed E-state index contributed by atoms with van der Waals surface area (Å²) < 4.78 is 5.65. The van der Waals surface area contributed by atoms with Crippen LogP contribution in [0.25, 0.3) is 0 Å². The van der Waals surface area contributed by atoms with E-state index >= 15 is 0 Å². The van der Waals surface area contributed by atoms with Gasteiger partial charge in [0.05, 0.1) is 12.7 Å². The molecule has 1 heterocycles. The number of ether oxygens (including phenoxy) is 1. The first-order valence-corrected chi connectivity index (χ1v) is 7.14. The van der Waals surface area contributed by atoms with E-state index in [0.717, 1.165) is 25.5 Å². The largest absolute Gasteiger partial charge is 0.394 e. The van der Waals surface area contributed by atoms with Crippen LogP contribution in [0.1, 0.15) is 46.0 Å². The Morgan fingerprint density at radius 2 is 2.12 bits per heavy atom. The van der Waals surface area contributed by atoms with E-state index in [1.54, 1.807) is 0 Å². The number of hydrogen-bond donors (Lipinski definition) is 2. The van der Waals surface area contributed by atoms with Gasteiger partial charge in [0.2, 0.25) is 0 Å². The minimum atomic E-state index is -0.0659. The van der Waals surface area contributed by atoms with Crippen molar-refractivity contribution in [2.24, 2.45) is 11.8 Å². The maximum absolute atomic E-state index is 9.80. The van der Waals surface area contributed by atoms with Crippen molar-refractivity contribution in [2.45, 2.75) is 57.6 Å². The molecule has 3 nitrogen and oxygen atoms in total. The Morgan fingerprint density at radius 1 is 1.29 bits per heavy atom. The average molecular weight is 241 g/mol. The normalized spacial score (nSPS) is 42.9. The number of hydrogen-bond acceptors (Lipinski definition) is 3. The third-order valence-electron chi connectivity index (χ3n) is 4.74. The average Bonchev–Trinajstić information content (AvgIpc) is 2.84. The SMILES string of the molecule is CC1CCC(C)C(CO)(NCC2CCCO2)C1. The van der Waals surface area contributed by atoms with Crippen LogP contribution in [0.15, 0.2) is 0 Å². The fourth-order valence-corrected chi connectivity index (χ4v) is 3.38. The van der Waals surface area contributed by atoms with Crippen molar-refractivity contribution in [2.75, 3.05) is 19.8 Å². The summed E-state index contributed by atoms with van der Waals surface area (Å²) in [6.07, 6.45) is 6.33. The van der Waals surface area contributed by atoms with Crippen molar-refractivity contribution in [1.82, 2.24) is 5.32 Å². The van der Waals surface area contributed by atoms with Crippen molar-refractivity contribution >= 4 is 0 Å². The van der Waals surface area contributed by atoms with E-state index in [9.17, 15) is 5.11 Å². The third kappa shape index (κ3) is 3.01. The van der Waals surface area contributed by atoms with Crippen molar-refractivity contribution in [1.29, 1.82) is 0 Å². The summed E-state index contributed by atoms with van der Waals surface area (Å²) in [5, 5.41) is 13.4. The lowest BCUT2D eigenvalue weighted by molar-refractivity contribution is 0.0344. The molecule has 0 amide bonds. The predicted molar refractivity (Wildman–Crippen MR) is 69.0 cm³/mol. The van der Waals surface area contributed by atoms with Gasteiger partial charge in [-0.25, -0.2) is 0 Å². The number of nitrogens with one attached hydrogen (secondary N) is 1. The van der Waals surface area contributed by atoms with Crippen LogP contribution in [0.5, 0.6) is 0 Å². The highest BCUT2D eigenvalue weighted by Gasteiger charge is 2.40. The maximum atomic E-state index is 9.80. The zero-order valence-electron chi connectivity index (χ0n) is 11.2. The van der Waals surface area contributed by atoms with Crippen LogP contribution in [-0.4, -0.2) is 36.5 Å². The minimum Gasteiger partial charge on any atom is -0.394 e. The lowest BCUT2D eigenvalue weighted by atomic mass is 9.70. The first-order valence-electron chi connectivity index (χ1n) is 7.14. The molecule has 0 aromatic rings. The number of rotatable bonds is 4. The zero-order valence-corrected chi connectivity index (χ0v) is 11.2. The molecule has 17 heavy (non-hydrogen) atoms. The molecule has 2 fully saturated rings. The summed E-state index contributed by atoms with van der Waals surface area (Å²) in [6.45, 7) is 6.63. The fourth-order valence-electron chi connectivity index (χ4n) is 3.38. The van der Waals surface area contributed by atoms with E-state index in [4.69, 9.17) is 4.74 Å². The Hall–Kier alpha value is -0.120. The molecule has 0 aromatic carbocycles. The molecular weight excluding hydrogens is 214 g/mol. The van der Waals surface area contributed by atoms with Gasteiger partial charge in [-0.1, -0.05) is 20.3 Å². The summed E-state index contributed by atoms with van der Waals surface area (Å²) in [5.74, 6) is 1.28. The van der Waals surface area contributed by atoms with Crippen LogP contribution in [0.4, 0.5) is 0 Å². The predicted octanol–water partition coefficient (Wildman–Crippen LogP) is 1.94. The first kappa shape index (κ1) is 13.3. The molecule has 1 saturated carbocycles. The zero-order chi connectivity index (χ0) is 12.3. The van der Waals surface area contributed by atoms with Gasteiger partial charge in [-0.3, -0.25) is 0 Å². The van der Waals surface area contributed by atoms with Crippen LogP contribution < -0.4 is 5.32 Å². The molecule has 1 aliphatic carbocycles. The quantitative estimate of drug-likeness (QED) is 0.790. The molecule has 4 atom stereocenters. The highest BCUT2D eigenvalue weighted by atomic mass is 16.5.